The van der Waals surface area contributed by atoms with Crippen LogP contribution in [0.5, 0.6) is 5.75 Å². The lowest BCUT2D eigenvalue weighted by Crippen LogP contribution is -2.44. The topological polar surface area (TPSA) is 46.6 Å². The van der Waals surface area contributed by atoms with Crippen molar-refractivity contribution in [2.24, 2.45) is 11.3 Å². The predicted octanol–water partition coefficient (Wildman–Crippen LogP) is 5.40. The van der Waals surface area contributed by atoms with Gasteiger partial charge in [-0.05, 0) is 29.5 Å². The van der Waals surface area contributed by atoms with E-state index in [1.807, 2.05) is 66.7 Å². The van der Waals surface area contributed by atoms with Crippen molar-refractivity contribution in [1.29, 1.82) is 0 Å². The molecule has 0 aromatic heterocycles. The molecule has 4 rings (SSSR count). The first-order chi connectivity index (χ1) is 14.4. The van der Waals surface area contributed by atoms with Crippen molar-refractivity contribution in [2.75, 3.05) is 12.0 Å². The van der Waals surface area contributed by atoms with Crippen molar-refractivity contribution in [2.45, 2.75) is 33.1 Å². The molecule has 2 aromatic rings. The molecule has 1 atom stereocenters. The number of allylic oxidation sites excluding steroid dienone is 3. The summed E-state index contributed by atoms with van der Waals surface area (Å²) in [4.78, 5) is 28.3. The lowest BCUT2D eigenvalue weighted by molar-refractivity contribution is -0.121. The Morgan fingerprint density at radius 1 is 1.03 bits per heavy atom. The molecule has 2 aromatic carbocycles. The molecule has 0 bridgehead atoms. The van der Waals surface area contributed by atoms with Crippen molar-refractivity contribution >= 4 is 23.5 Å². The average molecular weight is 402 g/mol. The molecule has 0 saturated heterocycles. The minimum Gasteiger partial charge on any atom is -0.497 e. The van der Waals surface area contributed by atoms with Crippen molar-refractivity contribution in [1.82, 2.24) is 0 Å². The molecule has 0 fully saturated rings. The Bertz CT molecular complexity index is 1030. The molecule has 1 aliphatic heterocycles. The summed E-state index contributed by atoms with van der Waals surface area (Å²) in [6.45, 7) is 4.18. The molecule has 0 saturated carbocycles. The number of Topliss-reactive ketones (excluding diaryl/α,β-unsaturated/α-hetero) is 1. The van der Waals surface area contributed by atoms with E-state index in [-0.39, 0.29) is 29.4 Å². The standard InChI is InChI=1S/C26H27NO3/c1-26(2)16-22-25(23(28)17-26)19(13-12-18-8-5-4-6-9-18)14-24(29)27(22)20-10-7-11-21(15-20)30-3/h4-13,15,19H,14,16-17H2,1-3H3/b13-12+. The van der Waals surface area contributed by atoms with E-state index in [1.165, 1.54) is 0 Å². The second kappa shape index (κ2) is 7.94. The fourth-order valence-electron chi connectivity index (χ4n) is 4.46. The summed E-state index contributed by atoms with van der Waals surface area (Å²) in [5, 5.41) is 0. The number of amides is 1. The molecular weight excluding hydrogens is 374 g/mol. The van der Waals surface area contributed by atoms with Crippen molar-refractivity contribution in [3.63, 3.8) is 0 Å². The Balaban J connectivity index is 1.80. The minimum absolute atomic E-state index is 0.00946. The van der Waals surface area contributed by atoms with Gasteiger partial charge in [0, 0.05) is 36.1 Å². The summed E-state index contributed by atoms with van der Waals surface area (Å²) in [6.07, 6.45) is 5.50. The van der Waals surface area contributed by atoms with Crippen LogP contribution >= 0.6 is 0 Å². The largest absolute Gasteiger partial charge is 0.497 e. The third-order valence-corrected chi connectivity index (χ3v) is 5.81. The van der Waals surface area contributed by atoms with Gasteiger partial charge in [0.25, 0.3) is 0 Å². The maximum Gasteiger partial charge on any atom is 0.232 e. The molecule has 30 heavy (non-hydrogen) atoms. The van der Waals surface area contributed by atoms with Crippen LogP contribution in [-0.2, 0) is 9.59 Å². The number of rotatable bonds is 4. The Kier molecular flexibility index (Phi) is 5.33. The van der Waals surface area contributed by atoms with E-state index < -0.39 is 0 Å². The van der Waals surface area contributed by atoms with Crippen LogP contribution in [0.25, 0.3) is 6.08 Å². The molecular formula is C26H27NO3. The first-order valence-corrected chi connectivity index (χ1v) is 10.3. The first-order valence-electron chi connectivity index (χ1n) is 10.3. The number of hydrogen-bond acceptors (Lipinski definition) is 3. The zero-order valence-electron chi connectivity index (χ0n) is 17.7. The predicted molar refractivity (Wildman–Crippen MR) is 119 cm³/mol. The highest BCUT2D eigenvalue weighted by Crippen LogP contribution is 2.46. The molecule has 1 unspecified atom stereocenters. The van der Waals surface area contributed by atoms with Crippen molar-refractivity contribution in [3.8, 4) is 5.75 Å². The normalized spacial score (nSPS) is 21.2. The Hall–Kier alpha value is -3.14. The van der Waals surface area contributed by atoms with Crippen LogP contribution in [0.2, 0.25) is 0 Å². The van der Waals surface area contributed by atoms with E-state index in [2.05, 4.69) is 13.8 Å². The number of anilines is 1. The number of ether oxygens (including phenoxy) is 1. The van der Waals surface area contributed by atoms with E-state index in [9.17, 15) is 9.59 Å². The van der Waals surface area contributed by atoms with Crippen LogP contribution in [0.1, 0.15) is 38.7 Å². The van der Waals surface area contributed by atoms with Gasteiger partial charge in [0.15, 0.2) is 5.78 Å². The van der Waals surface area contributed by atoms with Gasteiger partial charge in [-0.3, -0.25) is 14.5 Å². The molecule has 0 N–H and O–H groups in total. The van der Waals surface area contributed by atoms with Gasteiger partial charge in [-0.15, -0.1) is 0 Å². The first kappa shape index (κ1) is 20.1. The molecule has 1 amide bonds. The van der Waals surface area contributed by atoms with E-state index in [0.717, 1.165) is 22.5 Å². The Morgan fingerprint density at radius 2 is 1.80 bits per heavy atom. The molecule has 4 nitrogen and oxygen atoms in total. The van der Waals surface area contributed by atoms with Gasteiger partial charge in [-0.1, -0.05) is 62.4 Å². The van der Waals surface area contributed by atoms with Crippen LogP contribution in [0, 0.1) is 11.3 Å². The van der Waals surface area contributed by atoms with Gasteiger partial charge in [0.2, 0.25) is 5.91 Å². The van der Waals surface area contributed by atoms with E-state index in [4.69, 9.17) is 4.74 Å². The SMILES string of the molecule is COc1cccc(N2C(=O)CC(/C=C/c3ccccc3)C3=C2CC(C)(C)CC3=O)c1. The number of nitrogens with zero attached hydrogens (tertiary/aromatic N) is 1. The van der Waals surface area contributed by atoms with Gasteiger partial charge >= 0.3 is 0 Å². The van der Waals surface area contributed by atoms with Crippen LogP contribution in [-0.4, -0.2) is 18.8 Å². The summed E-state index contributed by atoms with van der Waals surface area (Å²) in [5.74, 6) is 0.646. The van der Waals surface area contributed by atoms with Gasteiger partial charge in [0.05, 0.1) is 12.8 Å². The van der Waals surface area contributed by atoms with E-state index in [1.54, 1.807) is 12.0 Å². The fourth-order valence-corrected chi connectivity index (χ4v) is 4.46. The zero-order valence-corrected chi connectivity index (χ0v) is 17.7. The number of hydrogen-bond donors (Lipinski definition) is 0. The summed E-state index contributed by atoms with van der Waals surface area (Å²) >= 11 is 0. The lowest BCUT2D eigenvalue weighted by Gasteiger charge is -2.42. The summed E-state index contributed by atoms with van der Waals surface area (Å²) in [5.41, 5.74) is 3.25. The number of carbonyl (C=O) groups is 2. The second-order valence-electron chi connectivity index (χ2n) is 8.81. The van der Waals surface area contributed by atoms with Crippen molar-refractivity contribution < 1.29 is 14.3 Å². The van der Waals surface area contributed by atoms with Crippen molar-refractivity contribution in [3.05, 3.63) is 77.5 Å². The maximum absolute atomic E-state index is 13.3. The van der Waals surface area contributed by atoms with Gasteiger partial charge < -0.3 is 4.74 Å². The molecule has 0 spiro atoms. The zero-order chi connectivity index (χ0) is 21.3. The second-order valence-corrected chi connectivity index (χ2v) is 8.81. The summed E-state index contributed by atoms with van der Waals surface area (Å²) in [6, 6.07) is 17.5. The third-order valence-electron chi connectivity index (χ3n) is 5.81. The third kappa shape index (κ3) is 3.95. The van der Waals surface area contributed by atoms with Gasteiger partial charge in [-0.2, -0.15) is 0 Å². The molecule has 154 valence electrons. The summed E-state index contributed by atoms with van der Waals surface area (Å²) in [7, 11) is 1.61. The molecule has 0 radical (unpaired) electrons. The van der Waals surface area contributed by atoms with Gasteiger partial charge in [0.1, 0.15) is 5.75 Å². The highest BCUT2D eigenvalue weighted by molar-refractivity contribution is 6.07. The fraction of sp³-hybridized carbons (Fsp3) is 0.308. The number of carbonyl (C=O) groups excluding carboxylic acids is 2. The monoisotopic (exact) mass is 401 g/mol. The number of methoxy groups -OCH3 is 1. The quantitative estimate of drug-likeness (QED) is 0.689. The van der Waals surface area contributed by atoms with Crippen LogP contribution in [0.4, 0.5) is 5.69 Å². The van der Waals surface area contributed by atoms with Gasteiger partial charge in [-0.25, -0.2) is 0 Å². The molecule has 4 heteroatoms. The van der Waals surface area contributed by atoms with E-state index >= 15 is 0 Å². The average Bonchev–Trinajstić information content (AvgIpc) is 2.71. The molecule has 1 aliphatic carbocycles. The van der Waals surface area contributed by atoms with Crippen LogP contribution < -0.4 is 9.64 Å². The molecule has 1 heterocycles. The van der Waals surface area contributed by atoms with E-state index in [0.29, 0.717) is 18.6 Å². The van der Waals surface area contributed by atoms with Crippen LogP contribution in [0.15, 0.2) is 71.9 Å². The van der Waals surface area contributed by atoms with Crippen LogP contribution in [0.3, 0.4) is 0 Å². The number of ketones is 1. The lowest BCUT2D eigenvalue weighted by atomic mass is 9.70. The smallest absolute Gasteiger partial charge is 0.232 e. The Morgan fingerprint density at radius 3 is 2.53 bits per heavy atom. The number of benzene rings is 2. The Labute approximate surface area is 177 Å². The highest BCUT2D eigenvalue weighted by atomic mass is 16.5. The highest BCUT2D eigenvalue weighted by Gasteiger charge is 2.43. The molecule has 2 aliphatic rings. The maximum atomic E-state index is 13.3. The minimum atomic E-state index is -0.196. The summed E-state index contributed by atoms with van der Waals surface area (Å²) < 4.78 is 5.36.